The molecule has 2 saturated heterocycles. The second kappa shape index (κ2) is 5.85. The zero-order valence-corrected chi connectivity index (χ0v) is 14.9. The first-order valence-electron chi connectivity index (χ1n) is 9.38. The van der Waals surface area contributed by atoms with Crippen LogP contribution in [0.15, 0.2) is 6.33 Å². The molecule has 2 aliphatic heterocycles. The van der Waals surface area contributed by atoms with Crippen molar-refractivity contribution in [3.63, 3.8) is 0 Å². The van der Waals surface area contributed by atoms with Crippen molar-refractivity contribution in [3.8, 4) is 0 Å². The lowest BCUT2D eigenvalue weighted by atomic mass is 9.70. The van der Waals surface area contributed by atoms with Gasteiger partial charge in [-0.2, -0.15) is 0 Å². The SMILES string of the molecule is CC(C)N1CC(c2nncn2C)C2(CCN(CC3CC3)CC2)C1. The molecule has 0 amide bonds. The van der Waals surface area contributed by atoms with E-state index in [1.165, 1.54) is 57.7 Å². The molecule has 4 rings (SSSR count). The van der Waals surface area contributed by atoms with Crippen molar-refractivity contribution in [3.05, 3.63) is 12.2 Å². The molecule has 3 fully saturated rings. The van der Waals surface area contributed by atoms with Gasteiger partial charge >= 0.3 is 0 Å². The molecule has 3 aliphatic rings. The Balaban J connectivity index is 1.53. The van der Waals surface area contributed by atoms with Crippen molar-refractivity contribution < 1.29 is 0 Å². The van der Waals surface area contributed by atoms with Crippen LogP contribution in [0.1, 0.15) is 51.3 Å². The Hall–Kier alpha value is -0.940. The molecule has 0 bridgehead atoms. The van der Waals surface area contributed by atoms with Crippen LogP contribution in [0.4, 0.5) is 0 Å². The Morgan fingerprint density at radius 2 is 2.00 bits per heavy atom. The van der Waals surface area contributed by atoms with Gasteiger partial charge in [0, 0.05) is 38.6 Å². The van der Waals surface area contributed by atoms with Gasteiger partial charge in [-0.15, -0.1) is 10.2 Å². The number of likely N-dealkylation sites (tertiary alicyclic amines) is 2. The standard InChI is InChI=1S/C18H31N5/c1-14(2)23-11-16(17-20-19-13-21(17)3)18(12-23)6-8-22(9-7-18)10-15-4-5-15/h13-16H,4-12H2,1-3H3. The average Bonchev–Trinajstić information content (AvgIpc) is 3.12. The summed E-state index contributed by atoms with van der Waals surface area (Å²) in [5.41, 5.74) is 0.408. The van der Waals surface area contributed by atoms with E-state index in [1.54, 1.807) is 0 Å². The number of rotatable bonds is 4. The molecule has 1 aromatic heterocycles. The number of aromatic nitrogens is 3. The summed E-state index contributed by atoms with van der Waals surface area (Å²) in [6, 6.07) is 0.620. The Kier molecular flexibility index (Phi) is 3.96. The third kappa shape index (κ3) is 2.93. The minimum absolute atomic E-state index is 0.408. The fourth-order valence-corrected chi connectivity index (χ4v) is 4.72. The summed E-state index contributed by atoms with van der Waals surface area (Å²) in [6.07, 6.45) is 7.43. The normalized spacial score (nSPS) is 29.0. The summed E-state index contributed by atoms with van der Waals surface area (Å²) < 4.78 is 2.15. The van der Waals surface area contributed by atoms with Crippen LogP contribution < -0.4 is 0 Å². The van der Waals surface area contributed by atoms with E-state index in [2.05, 4.69) is 45.5 Å². The van der Waals surface area contributed by atoms with Crippen LogP contribution in [0.3, 0.4) is 0 Å². The van der Waals surface area contributed by atoms with Crippen molar-refractivity contribution in [2.24, 2.45) is 18.4 Å². The van der Waals surface area contributed by atoms with E-state index in [9.17, 15) is 0 Å². The fraction of sp³-hybridized carbons (Fsp3) is 0.889. The lowest BCUT2D eigenvalue weighted by Crippen LogP contribution is -2.45. The topological polar surface area (TPSA) is 37.2 Å². The van der Waals surface area contributed by atoms with Gasteiger partial charge in [0.25, 0.3) is 0 Å². The molecule has 128 valence electrons. The van der Waals surface area contributed by atoms with Gasteiger partial charge in [0.1, 0.15) is 12.2 Å². The molecule has 1 aromatic rings. The summed E-state index contributed by atoms with van der Waals surface area (Å²) >= 11 is 0. The minimum atomic E-state index is 0.408. The zero-order chi connectivity index (χ0) is 16.0. The summed E-state index contributed by atoms with van der Waals surface area (Å²) in [5.74, 6) is 2.75. The molecule has 0 radical (unpaired) electrons. The largest absolute Gasteiger partial charge is 0.320 e. The van der Waals surface area contributed by atoms with Crippen LogP contribution in [-0.4, -0.2) is 63.3 Å². The lowest BCUT2D eigenvalue weighted by Gasteiger charge is -2.42. The highest BCUT2D eigenvalue weighted by atomic mass is 15.3. The molecule has 23 heavy (non-hydrogen) atoms. The van der Waals surface area contributed by atoms with Gasteiger partial charge in [-0.25, -0.2) is 0 Å². The quantitative estimate of drug-likeness (QED) is 0.852. The molecular weight excluding hydrogens is 286 g/mol. The van der Waals surface area contributed by atoms with Crippen molar-refractivity contribution in [1.82, 2.24) is 24.6 Å². The van der Waals surface area contributed by atoms with Crippen molar-refractivity contribution in [1.29, 1.82) is 0 Å². The molecule has 1 spiro atoms. The van der Waals surface area contributed by atoms with Crippen LogP contribution in [0, 0.1) is 11.3 Å². The number of nitrogens with zero attached hydrogens (tertiary/aromatic N) is 5. The highest BCUT2D eigenvalue weighted by Gasteiger charge is 2.50. The van der Waals surface area contributed by atoms with Crippen LogP contribution in [0.5, 0.6) is 0 Å². The van der Waals surface area contributed by atoms with Gasteiger partial charge < -0.3 is 9.47 Å². The van der Waals surface area contributed by atoms with E-state index < -0.39 is 0 Å². The predicted molar refractivity (Wildman–Crippen MR) is 91.3 cm³/mol. The molecule has 1 unspecified atom stereocenters. The first kappa shape index (κ1) is 15.6. The average molecular weight is 317 g/mol. The van der Waals surface area contributed by atoms with E-state index in [1.807, 2.05) is 6.33 Å². The van der Waals surface area contributed by atoms with Gasteiger partial charge in [0.2, 0.25) is 0 Å². The molecule has 3 heterocycles. The number of aryl methyl sites for hydroxylation is 1. The summed E-state index contributed by atoms with van der Waals surface area (Å²) in [6.45, 7) is 10.9. The summed E-state index contributed by atoms with van der Waals surface area (Å²) in [5, 5.41) is 8.65. The predicted octanol–water partition coefficient (Wildman–Crippen LogP) is 2.11. The first-order chi connectivity index (χ1) is 11.1. The number of hydrogen-bond acceptors (Lipinski definition) is 4. The smallest absolute Gasteiger partial charge is 0.137 e. The van der Waals surface area contributed by atoms with E-state index in [0.717, 1.165) is 12.5 Å². The van der Waals surface area contributed by atoms with Crippen LogP contribution in [0.25, 0.3) is 0 Å². The molecule has 1 saturated carbocycles. The molecule has 1 atom stereocenters. The third-order valence-electron chi connectivity index (χ3n) is 6.53. The maximum atomic E-state index is 4.49. The monoisotopic (exact) mass is 317 g/mol. The van der Waals surface area contributed by atoms with Gasteiger partial charge in [-0.3, -0.25) is 4.90 Å². The van der Waals surface area contributed by atoms with Crippen LogP contribution >= 0.6 is 0 Å². The maximum Gasteiger partial charge on any atom is 0.137 e. The van der Waals surface area contributed by atoms with Gasteiger partial charge in [-0.05, 0) is 64.0 Å². The zero-order valence-electron chi connectivity index (χ0n) is 14.9. The van der Waals surface area contributed by atoms with Crippen LogP contribution in [0.2, 0.25) is 0 Å². The molecule has 5 nitrogen and oxygen atoms in total. The van der Waals surface area contributed by atoms with E-state index >= 15 is 0 Å². The molecule has 5 heteroatoms. The van der Waals surface area contributed by atoms with Crippen LogP contribution in [-0.2, 0) is 7.05 Å². The Labute approximate surface area is 140 Å². The minimum Gasteiger partial charge on any atom is -0.320 e. The van der Waals surface area contributed by atoms with Crippen molar-refractivity contribution in [2.75, 3.05) is 32.7 Å². The second-order valence-corrected chi connectivity index (χ2v) is 8.48. The molecule has 0 N–H and O–H groups in total. The van der Waals surface area contributed by atoms with Gasteiger partial charge in [0.15, 0.2) is 0 Å². The van der Waals surface area contributed by atoms with Crippen molar-refractivity contribution in [2.45, 2.75) is 51.5 Å². The lowest BCUT2D eigenvalue weighted by molar-refractivity contribution is 0.0880. The van der Waals surface area contributed by atoms with E-state index in [0.29, 0.717) is 17.4 Å². The summed E-state index contributed by atoms with van der Waals surface area (Å²) in [7, 11) is 2.10. The second-order valence-electron chi connectivity index (χ2n) is 8.48. The maximum absolute atomic E-state index is 4.49. The van der Waals surface area contributed by atoms with Crippen molar-refractivity contribution >= 4 is 0 Å². The summed E-state index contributed by atoms with van der Waals surface area (Å²) in [4.78, 5) is 5.38. The van der Waals surface area contributed by atoms with E-state index in [-0.39, 0.29) is 0 Å². The number of piperidine rings is 1. The number of hydrogen-bond donors (Lipinski definition) is 0. The highest BCUT2D eigenvalue weighted by molar-refractivity contribution is 5.13. The van der Waals surface area contributed by atoms with E-state index in [4.69, 9.17) is 0 Å². The third-order valence-corrected chi connectivity index (χ3v) is 6.53. The molecule has 0 aromatic carbocycles. The van der Waals surface area contributed by atoms with Gasteiger partial charge in [0.05, 0.1) is 0 Å². The van der Waals surface area contributed by atoms with Gasteiger partial charge in [-0.1, -0.05) is 0 Å². The Morgan fingerprint density at radius 3 is 2.57 bits per heavy atom. The Bertz CT molecular complexity index is 539. The molecule has 1 aliphatic carbocycles. The Morgan fingerprint density at radius 1 is 1.26 bits per heavy atom. The molecular formula is C18H31N5. The first-order valence-corrected chi connectivity index (χ1v) is 9.38. The fourth-order valence-electron chi connectivity index (χ4n) is 4.72. The highest BCUT2D eigenvalue weighted by Crippen LogP contribution is 2.50.